The van der Waals surface area contributed by atoms with E-state index in [1.807, 2.05) is 13.1 Å². The molecule has 19 heavy (non-hydrogen) atoms. The van der Waals surface area contributed by atoms with Gasteiger partial charge in [0.1, 0.15) is 0 Å². The lowest BCUT2D eigenvalue weighted by molar-refractivity contribution is 0.197. The second-order valence-corrected chi connectivity index (χ2v) is 5.04. The average molecular weight is 275 g/mol. The molecule has 0 aromatic heterocycles. The Bertz CT molecular complexity index is 422. The molecule has 1 aromatic rings. The van der Waals surface area contributed by atoms with E-state index in [1.165, 1.54) is 5.56 Å². The first kappa shape index (κ1) is 14.0. The third-order valence-corrected chi connectivity index (χ3v) is 3.81. The van der Waals surface area contributed by atoms with E-state index in [9.17, 15) is 0 Å². The first-order valence-electron chi connectivity index (χ1n) is 6.70. The topological polar surface area (TPSA) is 18.5 Å². The molecule has 1 aliphatic rings. The van der Waals surface area contributed by atoms with E-state index in [0.717, 1.165) is 37.8 Å². The van der Waals surface area contributed by atoms with Crippen LogP contribution < -0.4 is 5.32 Å². The maximum absolute atomic E-state index is 5.25. The van der Waals surface area contributed by atoms with Crippen LogP contribution in [0.1, 0.15) is 5.56 Å². The summed E-state index contributed by atoms with van der Waals surface area (Å²) in [4.78, 5) is 4.68. The molecule has 0 saturated carbocycles. The van der Waals surface area contributed by atoms with Crippen LogP contribution in [0.4, 0.5) is 0 Å². The summed E-state index contributed by atoms with van der Waals surface area (Å²) in [5.41, 5.74) is 1.26. The number of benzene rings is 1. The molecular weight excluding hydrogens is 254 g/mol. The third kappa shape index (κ3) is 4.33. The summed E-state index contributed by atoms with van der Waals surface area (Å²) in [6.07, 6.45) is 4.42. The zero-order valence-electron chi connectivity index (χ0n) is 11.4. The van der Waals surface area contributed by atoms with Gasteiger partial charge in [0.2, 0.25) is 0 Å². The summed E-state index contributed by atoms with van der Waals surface area (Å²) in [7, 11) is 1.89. The van der Waals surface area contributed by atoms with Crippen molar-refractivity contribution in [3.63, 3.8) is 0 Å². The highest BCUT2D eigenvalue weighted by molar-refractivity contribution is 7.80. The van der Waals surface area contributed by atoms with Crippen molar-refractivity contribution < 1.29 is 0 Å². The van der Waals surface area contributed by atoms with Gasteiger partial charge in [-0.1, -0.05) is 42.5 Å². The molecule has 1 heterocycles. The van der Waals surface area contributed by atoms with Gasteiger partial charge in [0.05, 0.1) is 0 Å². The lowest BCUT2D eigenvalue weighted by Crippen LogP contribution is -2.50. The zero-order chi connectivity index (χ0) is 13.5. The molecule has 1 aliphatic heterocycles. The third-order valence-electron chi connectivity index (χ3n) is 3.35. The molecule has 2 rings (SSSR count). The maximum Gasteiger partial charge on any atom is 0.168 e. The van der Waals surface area contributed by atoms with Crippen LogP contribution in [0.15, 0.2) is 36.4 Å². The summed E-state index contributed by atoms with van der Waals surface area (Å²) >= 11 is 5.25. The Kier molecular flexibility index (Phi) is 5.36. The highest BCUT2D eigenvalue weighted by Crippen LogP contribution is 2.04. The van der Waals surface area contributed by atoms with Crippen molar-refractivity contribution in [3.8, 4) is 0 Å². The van der Waals surface area contributed by atoms with Crippen LogP contribution >= 0.6 is 12.2 Å². The molecular formula is C15H21N3S. The Morgan fingerprint density at radius 2 is 1.89 bits per heavy atom. The summed E-state index contributed by atoms with van der Waals surface area (Å²) in [5.74, 6) is 0. The minimum atomic E-state index is 0.861. The van der Waals surface area contributed by atoms with Crippen LogP contribution in [-0.2, 0) is 0 Å². The second-order valence-electron chi connectivity index (χ2n) is 4.66. The van der Waals surface area contributed by atoms with E-state index in [4.69, 9.17) is 12.2 Å². The highest BCUT2D eigenvalue weighted by Gasteiger charge is 2.16. The van der Waals surface area contributed by atoms with E-state index in [-0.39, 0.29) is 0 Å². The molecule has 0 spiro atoms. The van der Waals surface area contributed by atoms with Crippen molar-refractivity contribution in [2.45, 2.75) is 0 Å². The van der Waals surface area contributed by atoms with Gasteiger partial charge in [-0.25, -0.2) is 0 Å². The van der Waals surface area contributed by atoms with E-state index in [0.29, 0.717) is 0 Å². The maximum atomic E-state index is 5.25. The lowest BCUT2D eigenvalue weighted by Gasteiger charge is -2.35. The molecule has 0 unspecified atom stereocenters. The first-order chi connectivity index (χ1) is 9.29. The van der Waals surface area contributed by atoms with Crippen molar-refractivity contribution >= 4 is 23.4 Å². The molecule has 3 nitrogen and oxygen atoms in total. The Hall–Kier alpha value is -1.39. The molecule has 4 heteroatoms. The molecule has 1 N–H and O–H groups in total. The number of hydrogen-bond acceptors (Lipinski definition) is 2. The number of piperazine rings is 1. The van der Waals surface area contributed by atoms with E-state index < -0.39 is 0 Å². The summed E-state index contributed by atoms with van der Waals surface area (Å²) in [6, 6.07) is 10.4. The van der Waals surface area contributed by atoms with Gasteiger partial charge in [0.25, 0.3) is 0 Å². The molecule has 0 amide bonds. The molecule has 1 fully saturated rings. The van der Waals surface area contributed by atoms with Crippen LogP contribution in [0.25, 0.3) is 6.08 Å². The molecule has 102 valence electrons. The second kappa shape index (κ2) is 7.26. The predicted octanol–water partition coefficient (Wildman–Crippen LogP) is 1.82. The number of nitrogens with zero attached hydrogens (tertiary/aromatic N) is 2. The molecule has 0 aliphatic carbocycles. The largest absolute Gasteiger partial charge is 0.366 e. The average Bonchev–Trinajstić information content (AvgIpc) is 2.48. The predicted molar refractivity (Wildman–Crippen MR) is 85.1 cm³/mol. The van der Waals surface area contributed by atoms with Crippen molar-refractivity contribution in [2.75, 3.05) is 39.8 Å². The van der Waals surface area contributed by atoms with E-state index in [1.54, 1.807) is 0 Å². The molecule has 0 atom stereocenters. The molecule has 0 radical (unpaired) electrons. The Labute approximate surface area is 120 Å². The summed E-state index contributed by atoms with van der Waals surface area (Å²) in [6.45, 7) is 5.18. The normalized spacial score (nSPS) is 16.8. The van der Waals surface area contributed by atoms with Crippen LogP contribution in [0.2, 0.25) is 0 Å². The number of rotatable bonds is 3. The minimum absolute atomic E-state index is 0.861. The minimum Gasteiger partial charge on any atom is -0.366 e. The zero-order valence-corrected chi connectivity index (χ0v) is 12.2. The Morgan fingerprint density at radius 3 is 2.53 bits per heavy atom. The van der Waals surface area contributed by atoms with Crippen LogP contribution in [0.5, 0.6) is 0 Å². The Balaban J connectivity index is 1.74. The van der Waals surface area contributed by atoms with Crippen LogP contribution in [-0.4, -0.2) is 54.7 Å². The van der Waals surface area contributed by atoms with Gasteiger partial charge >= 0.3 is 0 Å². The number of thiocarbonyl (C=S) groups is 1. The molecule has 0 bridgehead atoms. The van der Waals surface area contributed by atoms with Gasteiger partial charge in [-0.3, -0.25) is 4.90 Å². The lowest BCUT2D eigenvalue weighted by atomic mass is 10.2. The highest BCUT2D eigenvalue weighted by atomic mass is 32.1. The molecule has 1 saturated heterocycles. The Morgan fingerprint density at radius 1 is 1.21 bits per heavy atom. The molecule has 1 aromatic carbocycles. The fourth-order valence-electron chi connectivity index (χ4n) is 2.19. The van der Waals surface area contributed by atoms with Gasteiger partial charge in [0.15, 0.2) is 5.11 Å². The van der Waals surface area contributed by atoms with Gasteiger partial charge in [0, 0.05) is 39.8 Å². The van der Waals surface area contributed by atoms with E-state index >= 15 is 0 Å². The monoisotopic (exact) mass is 275 g/mol. The fourth-order valence-corrected chi connectivity index (χ4v) is 2.38. The quantitative estimate of drug-likeness (QED) is 0.848. The van der Waals surface area contributed by atoms with E-state index in [2.05, 4.69) is 51.5 Å². The van der Waals surface area contributed by atoms with Crippen LogP contribution in [0, 0.1) is 0 Å². The van der Waals surface area contributed by atoms with Gasteiger partial charge in [-0.2, -0.15) is 0 Å². The standard InChI is InChI=1S/C15H21N3S/c1-16-15(19)18-12-10-17(11-13-18)9-5-8-14-6-3-2-4-7-14/h2-8H,9-13H2,1H3,(H,16,19). The van der Waals surface area contributed by atoms with Crippen molar-refractivity contribution in [1.29, 1.82) is 0 Å². The first-order valence-corrected chi connectivity index (χ1v) is 7.11. The van der Waals surface area contributed by atoms with Gasteiger partial charge in [-0.05, 0) is 17.8 Å². The van der Waals surface area contributed by atoms with Gasteiger partial charge < -0.3 is 10.2 Å². The fraction of sp³-hybridized carbons (Fsp3) is 0.400. The summed E-state index contributed by atoms with van der Waals surface area (Å²) in [5, 5.41) is 3.90. The van der Waals surface area contributed by atoms with Gasteiger partial charge in [-0.15, -0.1) is 0 Å². The van der Waals surface area contributed by atoms with Crippen molar-refractivity contribution in [2.24, 2.45) is 0 Å². The number of hydrogen-bond donors (Lipinski definition) is 1. The van der Waals surface area contributed by atoms with Crippen molar-refractivity contribution in [1.82, 2.24) is 15.1 Å². The number of nitrogens with one attached hydrogen (secondary N) is 1. The smallest absolute Gasteiger partial charge is 0.168 e. The summed E-state index contributed by atoms with van der Waals surface area (Å²) < 4.78 is 0. The van der Waals surface area contributed by atoms with Crippen molar-refractivity contribution in [3.05, 3.63) is 42.0 Å². The van der Waals surface area contributed by atoms with Crippen LogP contribution in [0.3, 0.4) is 0 Å². The SMILES string of the molecule is CNC(=S)N1CCN(CC=Cc2ccccc2)CC1.